The molecule has 0 spiro atoms. The third-order valence-corrected chi connectivity index (χ3v) is 7.08. The fourth-order valence-electron chi connectivity index (χ4n) is 6.73. The lowest BCUT2D eigenvalue weighted by molar-refractivity contribution is -0.0809. The summed E-state index contributed by atoms with van der Waals surface area (Å²) in [6.07, 6.45) is 8.93. The highest BCUT2D eigenvalue weighted by Crippen LogP contribution is 2.60. The molecule has 0 N–H and O–H groups in total. The van der Waals surface area contributed by atoms with E-state index in [0.717, 1.165) is 41.5 Å². The van der Waals surface area contributed by atoms with Gasteiger partial charge in [0.1, 0.15) is 12.5 Å². The quantitative estimate of drug-likeness (QED) is 0.827. The molecular weight excluding hydrogens is 302 g/mol. The smallest absolute Gasteiger partial charge is 0.231 e. The number of rotatable bonds is 2. The normalized spacial score (nSPS) is 38.9. The molecule has 2 heterocycles. The molecule has 1 aromatic rings. The summed E-state index contributed by atoms with van der Waals surface area (Å²) < 4.78 is 17.1. The van der Waals surface area contributed by atoms with Crippen LogP contribution in [-0.2, 0) is 6.54 Å². The number of nitrogens with zero attached hydrogens (tertiary/aromatic N) is 1. The van der Waals surface area contributed by atoms with Crippen LogP contribution < -0.4 is 14.2 Å². The molecule has 0 atom stereocenters. The average Bonchev–Trinajstić information content (AvgIpc) is 2.98. The van der Waals surface area contributed by atoms with E-state index in [0.29, 0.717) is 18.9 Å². The van der Waals surface area contributed by atoms with Crippen molar-refractivity contribution in [2.75, 3.05) is 20.1 Å². The van der Waals surface area contributed by atoms with E-state index in [2.05, 4.69) is 11.0 Å². The largest absolute Gasteiger partial charge is 0.478 e. The van der Waals surface area contributed by atoms with Crippen LogP contribution in [0.25, 0.3) is 0 Å². The van der Waals surface area contributed by atoms with Crippen LogP contribution in [0.1, 0.15) is 44.1 Å². The van der Waals surface area contributed by atoms with Gasteiger partial charge in [0.15, 0.2) is 11.5 Å². The zero-order chi connectivity index (χ0) is 15.7. The van der Waals surface area contributed by atoms with Gasteiger partial charge in [0.2, 0.25) is 6.79 Å². The van der Waals surface area contributed by atoms with E-state index < -0.39 is 0 Å². The van der Waals surface area contributed by atoms with E-state index in [1.165, 1.54) is 50.6 Å². The van der Waals surface area contributed by atoms with Crippen molar-refractivity contribution < 1.29 is 14.2 Å². The molecule has 2 aliphatic heterocycles. The number of hydrogen-bond donors (Lipinski definition) is 0. The molecule has 6 aliphatic rings. The molecule has 4 saturated carbocycles. The maximum Gasteiger partial charge on any atom is 0.231 e. The molecule has 128 valence electrons. The maximum atomic E-state index is 6.07. The van der Waals surface area contributed by atoms with Gasteiger partial charge >= 0.3 is 0 Å². The predicted octanol–water partition coefficient (Wildman–Crippen LogP) is 3.78. The monoisotopic (exact) mass is 327 g/mol. The second-order valence-corrected chi connectivity index (χ2v) is 8.99. The Morgan fingerprint density at radius 1 is 0.875 bits per heavy atom. The summed E-state index contributed by atoms with van der Waals surface area (Å²) in [5.41, 5.74) is 1.82. The Balaban J connectivity index is 1.23. The third kappa shape index (κ3) is 2.08. The fraction of sp³-hybridized carbons (Fsp3) is 0.700. The van der Waals surface area contributed by atoms with Crippen molar-refractivity contribution in [2.24, 2.45) is 23.2 Å². The number of ether oxygens (including phenoxy) is 3. The van der Waals surface area contributed by atoms with Crippen molar-refractivity contribution in [1.82, 2.24) is 4.90 Å². The summed E-state index contributed by atoms with van der Waals surface area (Å²) in [6, 6.07) is 4.11. The molecule has 0 radical (unpaired) electrons. The molecule has 0 saturated heterocycles. The van der Waals surface area contributed by atoms with Crippen LogP contribution in [0.15, 0.2) is 12.1 Å². The van der Waals surface area contributed by atoms with Gasteiger partial charge in [-0.25, -0.2) is 0 Å². The first-order chi connectivity index (χ1) is 11.7. The summed E-state index contributed by atoms with van der Waals surface area (Å²) in [7, 11) is 0. The van der Waals surface area contributed by atoms with Gasteiger partial charge in [0.25, 0.3) is 0 Å². The molecule has 0 aromatic heterocycles. The van der Waals surface area contributed by atoms with E-state index in [1.54, 1.807) is 0 Å². The lowest BCUT2D eigenvalue weighted by atomic mass is 9.49. The van der Waals surface area contributed by atoms with E-state index in [4.69, 9.17) is 14.2 Å². The molecule has 7 rings (SSSR count). The third-order valence-electron chi connectivity index (χ3n) is 7.08. The van der Waals surface area contributed by atoms with E-state index >= 15 is 0 Å². The Morgan fingerprint density at radius 3 is 2.25 bits per heavy atom. The van der Waals surface area contributed by atoms with Crippen molar-refractivity contribution in [3.63, 3.8) is 0 Å². The molecule has 24 heavy (non-hydrogen) atoms. The summed E-state index contributed by atoms with van der Waals surface area (Å²) in [5.74, 6) is 5.72. The van der Waals surface area contributed by atoms with Crippen LogP contribution in [0.4, 0.5) is 0 Å². The van der Waals surface area contributed by atoms with Gasteiger partial charge in [-0.05, 0) is 67.8 Å². The topological polar surface area (TPSA) is 30.9 Å². The molecular formula is C20H25NO3. The molecule has 1 aromatic carbocycles. The van der Waals surface area contributed by atoms with Gasteiger partial charge < -0.3 is 14.2 Å². The number of hydrogen-bond acceptors (Lipinski definition) is 4. The molecule has 4 fully saturated rings. The Kier molecular flexibility index (Phi) is 2.77. The lowest BCUT2D eigenvalue weighted by Gasteiger charge is -2.58. The number of benzene rings is 1. The summed E-state index contributed by atoms with van der Waals surface area (Å²) in [6.45, 7) is 3.24. The first kappa shape index (κ1) is 13.8. The molecule has 4 aliphatic carbocycles. The molecule has 0 unspecified atom stereocenters. The Bertz CT molecular complexity index is 650. The number of fused-ring (bicyclic) bond motifs is 2. The zero-order valence-electron chi connectivity index (χ0n) is 14.1. The highest BCUT2D eigenvalue weighted by molar-refractivity contribution is 5.52. The van der Waals surface area contributed by atoms with Gasteiger partial charge in [-0.3, -0.25) is 4.90 Å². The van der Waals surface area contributed by atoms with Crippen LogP contribution >= 0.6 is 0 Å². The Hall–Kier alpha value is -1.42. The van der Waals surface area contributed by atoms with Crippen LogP contribution in [0, 0.1) is 23.2 Å². The van der Waals surface area contributed by atoms with Gasteiger partial charge in [-0.1, -0.05) is 0 Å². The van der Waals surface area contributed by atoms with Crippen LogP contribution in [-0.4, -0.2) is 25.0 Å². The van der Waals surface area contributed by atoms with Crippen LogP contribution in [0.3, 0.4) is 0 Å². The SMILES string of the molecule is c1c2c(cc3c1OCO3)OCN(CC13CC4CC(CC(C4)C1)C3)C2. The average molecular weight is 327 g/mol. The fourth-order valence-corrected chi connectivity index (χ4v) is 6.73. The van der Waals surface area contributed by atoms with E-state index in [9.17, 15) is 0 Å². The summed E-state index contributed by atoms with van der Waals surface area (Å²) >= 11 is 0. The summed E-state index contributed by atoms with van der Waals surface area (Å²) in [5, 5.41) is 0. The summed E-state index contributed by atoms with van der Waals surface area (Å²) in [4.78, 5) is 2.53. The second-order valence-electron chi connectivity index (χ2n) is 8.99. The molecule has 0 amide bonds. The predicted molar refractivity (Wildman–Crippen MR) is 89.1 cm³/mol. The molecule has 4 heteroatoms. The Morgan fingerprint density at radius 2 is 1.54 bits per heavy atom. The van der Waals surface area contributed by atoms with Crippen molar-refractivity contribution in [1.29, 1.82) is 0 Å². The second kappa shape index (κ2) is 4.81. The van der Waals surface area contributed by atoms with Crippen molar-refractivity contribution in [3.05, 3.63) is 17.7 Å². The highest BCUT2D eigenvalue weighted by atomic mass is 16.7. The van der Waals surface area contributed by atoms with Crippen LogP contribution in [0.2, 0.25) is 0 Å². The van der Waals surface area contributed by atoms with Crippen molar-refractivity contribution in [2.45, 2.75) is 45.1 Å². The minimum absolute atomic E-state index is 0.329. The first-order valence-electron chi connectivity index (χ1n) is 9.52. The Labute approximate surface area is 143 Å². The van der Waals surface area contributed by atoms with Gasteiger partial charge in [-0.15, -0.1) is 0 Å². The molecule has 4 nitrogen and oxygen atoms in total. The van der Waals surface area contributed by atoms with E-state index in [1.807, 2.05) is 6.07 Å². The lowest BCUT2D eigenvalue weighted by Crippen LogP contribution is -2.52. The first-order valence-corrected chi connectivity index (χ1v) is 9.52. The minimum atomic E-state index is 0.329. The van der Waals surface area contributed by atoms with Crippen molar-refractivity contribution >= 4 is 0 Å². The van der Waals surface area contributed by atoms with E-state index in [-0.39, 0.29) is 0 Å². The minimum Gasteiger partial charge on any atom is -0.478 e. The van der Waals surface area contributed by atoms with Gasteiger partial charge in [-0.2, -0.15) is 0 Å². The highest BCUT2D eigenvalue weighted by Gasteiger charge is 2.51. The standard InChI is InChI=1S/C20H25NO3/c1-13-2-15-3-14(1)7-20(6-13,8-15)10-21-9-16-4-18-19(24-12-23-18)5-17(16)22-11-21/h4-5,13-15H,1-3,6-12H2. The van der Waals surface area contributed by atoms with Gasteiger partial charge in [0.05, 0.1) is 0 Å². The van der Waals surface area contributed by atoms with Gasteiger partial charge in [0, 0.05) is 24.7 Å². The van der Waals surface area contributed by atoms with Crippen molar-refractivity contribution in [3.8, 4) is 17.2 Å². The molecule has 4 bridgehead atoms. The van der Waals surface area contributed by atoms with Crippen LogP contribution in [0.5, 0.6) is 17.2 Å². The maximum absolute atomic E-state index is 6.07. The zero-order valence-corrected chi connectivity index (χ0v) is 14.1.